The number of fused-ring (bicyclic) bond motifs is 4. The van der Waals surface area contributed by atoms with Crippen LogP contribution >= 0.6 is 0 Å². The third-order valence-electron chi connectivity index (χ3n) is 8.49. The van der Waals surface area contributed by atoms with Crippen molar-refractivity contribution in [2.24, 2.45) is 0 Å². The van der Waals surface area contributed by atoms with Crippen LogP contribution in [0.1, 0.15) is 73.5 Å². The van der Waals surface area contributed by atoms with Crippen LogP contribution in [0, 0.1) is 0 Å². The molecular weight excluding hydrogens is 458 g/mol. The third-order valence-corrected chi connectivity index (χ3v) is 10.6. The lowest BCUT2D eigenvalue weighted by Gasteiger charge is -2.45. The van der Waals surface area contributed by atoms with Crippen LogP contribution in [-0.2, 0) is 14.9 Å². The Morgan fingerprint density at radius 1 is 1.09 bits per heavy atom. The molecule has 188 valence electrons. The van der Waals surface area contributed by atoms with Crippen LogP contribution in [0.5, 0.6) is 0 Å². The first-order valence-electron chi connectivity index (χ1n) is 12.7. The van der Waals surface area contributed by atoms with Crippen LogP contribution in [0.25, 0.3) is 0 Å². The largest absolute Gasteiger partial charge is 0.383 e. The SMILES string of the molecule is COCCN1C2CCC1CN(S(=O)(=O)N1[C@@H]3CC[C@H]1CC(NC(=O)c1cc(C4CC4)on1)C3)C2. The molecule has 34 heavy (non-hydrogen) atoms. The minimum Gasteiger partial charge on any atom is -0.383 e. The van der Waals surface area contributed by atoms with Crippen molar-refractivity contribution in [1.82, 2.24) is 24.0 Å². The number of carbonyl (C=O) groups excluding carboxylic acids is 1. The zero-order valence-corrected chi connectivity index (χ0v) is 20.6. The molecule has 1 aromatic heterocycles. The third kappa shape index (κ3) is 4.09. The molecule has 1 N–H and O–H groups in total. The highest BCUT2D eigenvalue weighted by atomic mass is 32.2. The first-order chi connectivity index (χ1) is 16.4. The topological polar surface area (TPSA) is 108 Å². The van der Waals surface area contributed by atoms with E-state index in [1.165, 1.54) is 0 Å². The van der Waals surface area contributed by atoms with Crippen LogP contribution < -0.4 is 5.32 Å². The number of nitrogens with zero attached hydrogens (tertiary/aromatic N) is 4. The van der Waals surface area contributed by atoms with Crippen molar-refractivity contribution >= 4 is 16.1 Å². The smallest absolute Gasteiger partial charge is 0.282 e. The van der Waals surface area contributed by atoms with E-state index in [-0.39, 0.29) is 36.1 Å². The predicted molar refractivity (Wildman–Crippen MR) is 124 cm³/mol. The van der Waals surface area contributed by atoms with Crippen molar-refractivity contribution in [3.63, 3.8) is 0 Å². The van der Waals surface area contributed by atoms with Gasteiger partial charge in [-0.15, -0.1) is 0 Å². The monoisotopic (exact) mass is 493 g/mol. The highest BCUT2D eigenvalue weighted by Crippen LogP contribution is 2.42. The van der Waals surface area contributed by atoms with Crippen molar-refractivity contribution < 1.29 is 22.5 Å². The summed E-state index contributed by atoms with van der Waals surface area (Å²) in [6.45, 7) is 2.67. The Balaban J connectivity index is 1.09. The summed E-state index contributed by atoms with van der Waals surface area (Å²) in [5.41, 5.74) is 0.325. The molecule has 4 aliphatic heterocycles. The maximum atomic E-state index is 13.8. The maximum absolute atomic E-state index is 13.8. The van der Waals surface area contributed by atoms with Crippen LogP contribution in [0.2, 0.25) is 0 Å². The average Bonchev–Trinajstić information content (AvgIpc) is 3.40. The minimum atomic E-state index is -3.53. The maximum Gasteiger partial charge on any atom is 0.282 e. The normalized spacial score (nSPS) is 34.6. The van der Waals surface area contributed by atoms with E-state index in [4.69, 9.17) is 9.26 Å². The summed E-state index contributed by atoms with van der Waals surface area (Å²) < 4.78 is 41.6. The molecule has 1 aliphatic carbocycles. The number of ether oxygens (including phenoxy) is 1. The van der Waals surface area contributed by atoms with Crippen LogP contribution in [-0.4, -0.2) is 96.6 Å². The molecule has 11 heteroatoms. The number of hydrogen-bond acceptors (Lipinski definition) is 7. The fraction of sp³-hybridized carbons (Fsp3) is 0.826. The van der Waals surface area contributed by atoms with E-state index in [1.807, 2.05) is 0 Å². The van der Waals surface area contributed by atoms with E-state index < -0.39 is 10.2 Å². The van der Waals surface area contributed by atoms with E-state index in [2.05, 4.69) is 15.4 Å². The number of piperidine rings is 1. The molecule has 0 aromatic carbocycles. The number of hydrogen-bond donors (Lipinski definition) is 1. The van der Waals surface area contributed by atoms with Gasteiger partial charge in [-0.3, -0.25) is 9.69 Å². The van der Waals surface area contributed by atoms with Crippen molar-refractivity contribution in [1.29, 1.82) is 0 Å². The molecule has 1 saturated carbocycles. The molecule has 5 fully saturated rings. The van der Waals surface area contributed by atoms with Crippen molar-refractivity contribution in [2.45, 2.75) is 87.5 Å². The van der Waals surface area contributed by atoms with Crippen molar-refractivity contribution in [3.05, 3.63) is 17.5 Å². The summed E-state index contributed by atoms with van der Waals surface area (Å²) in [6, 6.07) is 2.15. The van der Waals surface area contributed by atoms with Gasteiger partial charge in [0.15, 0.2) is 5.69 Å². The number of carbonyl (C=O) groups is 1. The molecule has 4 saturated heterocycles. The fourth-order valence-electron chi connectivity index (χ4n) is 6.68. The Bertz CT molecular complexity index is 999. The minimum absolute atomic E-state index is 0.0420. The van der Waals surface area contributed by atoms with Crippen molar-refractivity contribution in [2.75, 3.05) is 33.4 Å². The number of aromatic nitrogens is 1. The standard InChI is InChI=1S/C23H35N5O5S/c1-32-9-8-27-19-6-7-20(27)14-26(13-19)34(30,31)28-17-4-5-18(28)11-16(10-17)24-23(29)21-12-22(33-25-21)15-2-3-15/h12,15-20H,2-11,13-14H2,1H3,(H,24,29)/t16?,17-,18+,19?,20?. The fourth-order valence-corrected chi connectivity index (χ4v) is 8.80. The predicted octanol–water partition coefficient (Wildman–Crippen LogP) is 1.32. The summed E-state index contributed by atoms with van der Waals surface area (Å²) in [6.07, 6.45) is 7.29. The van der Waals surface area contributed by atoms with Gasteiger partial charge >= 0.3 is 0 Å². The number of amides is 1. The number of rotatable bonds is 8. The molecular formula is C23H35N5O5S. The van der Waals surface area contributed by atoms with E-state index in [1.54, 1.807) is 21.8 Å². The van der Waals surface area contributed by atoms with E-state index >= 15 is 0 Å². The van der Waals surface area contributed by atoms with Gasteiger partial charge in [0.2, 0.25) is 0 Å². The zero-order valence-electron chi connectivity index (χ0n) is 19.8. The van der Waals surface area contributed by atoms with Gasteiger partial charge in [0, 0.05) is 68.9 Å². The van der Waals surface area contributed by atoms with Gasteiger partial charge in [0.05, 0.1) is 6.61 Å². The Morgan fingerprint density at radius 3 is 2.35 bits per heavy atom. The summed E-state index contributed by atoms with van der Waals surface area (Å²) in [7, 11) is -1.82. The number of methoxy groups -OCH3 is 1. The van der Waals surface area contributed by atoms with Crippen LogP contribution in [0.15, 0.2) is 10.6 Å². The Hall–Kier alpha value is -1.53. The lowest BCUT2D eigenvalue weighted by atomic mass is 9.99. The Morgan fingerprint density at radius 2 is 1.74 bits per heavy atom. The quantitative estimate of drug-likeness (QED) is 0.582. The molecule has 3 unspecified atom stereocenters. The van der Waals surface area contributed by atoms with E-state index in [0.29, 0.717) is 44.1 Å². The van der Waals surface area contributed by atoms with Crippen LogP contribution in [0.4, 0.5) is 0 Å². The number of piperazine rings is 1. The molecule has 1 aromatic rings. The molecule has 10 nitrogen and oxygen atoms in total. The number of nitrogens with one attached hydrogen (secondary N) is 1. The van der Waals surface area contributed by atoms with Crippen LogP contribution in [0.3, 0.4) is 0 Å². The van der Waals surface area contributed by atoms with Gasteiger partial charge in [-0.25, -0.2) is 0 Å². The Kier molecular flexibility index (Phi) is 5.96. The van der Waals surface area contributed by atoms with Gasteiger partial charge < -0.3 is 14.6 Å². The first kappa shape index (κ1) is 22.9. The van der Waals surface area contributed by atoms with Gasteiger partial charge in [-0.05, 0) is 51.4 Å². The molecule has 0 radical (unpaired) electrons. The molecule has 5 atom stereocenters. The highest BCUT2D eigenvalue weighted by molar-refractivity contribution is 7.86. The molecule has 5 aliphatic rings. The van der Waals surface area contributed by atoms with Gasteiger partial charge in [-0.2, -0.15) is 17.0 Å². The second-order valence-electron chi connectivity index (χ2n) is 10.7. The lowest BCUT2D eigenvalue weighted by Crippen LogP contribution is -2.61. The Labute approximate surface area is 201 Å². The second-order valence-corrected chi connectivity index (χ2v) is 12.5. The average molecular weight is 494 g/mol. The van der Waals surface area contributed by atoms with E-state index in [0.717, 1.165) is 50.8 Å². The molecule has 0 spiro atoms. The van der Waals surface area contributed by atoms with E-state index in [9.17, 15) is 13.2 Å². The molecule has 5 heterocycles. The zero-order chi connectivity index (χ0) is 23.4. The highest BCUT2D eigenvalue weighted by Gasteiger charge is 2.52. The molecule has 6 rings (SSSR count). The van der Waals surface area contributed by atoms with Crippen molar-refractivity contribution in [3.8, 4) is 0 Å². The van der Waals surface area contributed by atoms with Gasteiger partial charge in [0.1, 0.15) is 5.76 Å². The van der Waals surface area contributed by atoms with Gasteiger partial charge in [0.25, 0.3) is 16.1 Å². The molecule has 4 bridgehead atoms. The first-order valence-corrected chi connectivity index (χ1v) is 14.1. The summed E-state index contributed by atoms with van der Waals surface area (Å²) in [5, 5.41) is 7.04. The lowest BCUT2D eigenvalue weighted by molar-refractivity contribution is 0.0693. The van der Waals surface area contributed by atoms with Gasteiger partial charge in [-0.1, -0.05) is 5.16 Å². The summed E-state index contributed by atoms with van der Waals surface area (Å²) >= 11 is 0. The summed E-state index contributed by atoms with van der Waals surface area (Å²) in [4.78, 5) is 15.2. The molecule has 1 amide bonds. The summed E-state index contributed by atoms with van der Waals surface area (Å²) in [5.74, 6) is 0.984. The second kappa shape index (κ2) is 8.85.